The molecule has 19 heavy (non-hydrogen) atoms. The summed E-state index contributed by atoms with van der Waals surface area (Å²) in [6.07, 6.45) is 0. The van der Waals surface area contributed by atoms with Crippen LogP contribution < -0.4 is 5.46 Å². The van der Waals surface area contributed by atoms with Crippen LogP contribution in [-0.2, 0) is 9.31 Å². The maximum absolute atomic E-state index is 13.7. The Morgan fingerprint density at radius 2 is 1.74 bits per heavy atom. The summed E-state index contributed by atoms with van der Waals surface area (Å²) in [6.45, 7) is 8.06. The van der Waals surface area contributed by atoms with Gasteiger partial charge in [0.15, 0.2) is 0 Å². The van der Waals surface area contributed by atoms with Gasteiger partial charge in [-0.1, -0.05) is 12.1 Å². The van der Waals surface area contributed by atoms with E-state index in [1.807, 2.05) is 39.1 Å². The van der Waals surface area contributed by atoms with Crippen molar-refractivity contribution in [2.24, 2.45) is 0 Å². The van der Waals surface area contributed by atoms with Gasteiger partial charge in [0.05, 0.1) is 15.9 Å². The number of benzene rings is 1. The SMILES string of the molecule is CC1(C)OB(c2csc3c(F)cccc23)OC1(C)C. The fourth-order valence-electron chi connectivity index (χ4n) is 2.19. The van der Waals surface area contributed by atoms with Gasteiger partial charge in [0, 0.05) is 5.46 Å². The molecule has 0 spiro atoms. The molecule has 0 N–H and O–H groups in total. The van der Waals surface area contributed by atoms with Crippen molar-refractivity contribution in [2.45, 2.75) is 38.9 Å². The number of halogens is 1. The van der Waals surface area contributed by atoms with E-state index >= 15 is 0 Å². The van der Waals surface area contributed by atoms with Crippen LogP contribution in [0.15, 0.2) is 23.6 Å². The highest BCUT2D eigenvalue weighted by Crippen LogP contribution is 2.37. The molecule has 5 heteroatoms. The third-order valence-electron chi connectivity index (χ3n) is 4.09. The van der Waals surface area contributed by atoms with E-state index in [-0.39, 0.29) is 17.0 Å². The standard InChI is InChI=1S/C14H16BFO2S/c1-13(2)14(3,4)18-15(17-13)10-8-19-12-9(10)6-5-7-11(12)16/h5-8H,1-4H3. The topological polar surface area (TPSA) is 18.5 Å². The van der Waals surface area contributed by atoms with Crippen LogP contribution in [0.5, 0.6) is 0 Å². The second kappa shape index (κ2) is 4.04. The fourth-order valence-corrected chi connectivity index (χ4v) is 3.17. The van der Waals surface area contributed by atoms with Crippen molar-refractivity contribution >= 4 is 34.0 Å². The molecule has 1 aromatic carbocycles. The van der Waals surface area contributed by atoms with E-state index in [4.69, 9.17) is 9.31 Å². The first-order valence-electron chi connectivity index (χ1n) is 6.33. The van der Waals surface area contributed by atoms with E-state index in [0.29, 0.717) is 4.70 Å². The van der Waals surface area contributed by atoms with Gasteiger partial charge >= 0.3 is 7.12 Å². The summed E-state index contributed by atoms with van der Waals surface area (Å²) >= 11 is 1.39. The maximum atomic E-state index is 13.7. The molecule has 0 radical (unpaired) electrons. The largest absolute Gasteiger partial charge is 0.496 e. The summed E-state index contributed by atoms with van der Waals surface area (Å²) in [5, 5.41) is 2.80. The molecule has 0 unspecified atom stereocenters. The second-order valence-electron chi connectivity index (χ2n) is 5.90. The van der Waals surface area contributed by atoms with Gasteiger partial charge in [0.1, 0.15) is 5.82 Å². The average Bonchev–Trinajstić information content (AvgIpc) is 2.80. The van der Waals surface area contributed by atoms with Crippen LogP contribution in [0.2, 0.25) is 0 Å². The van der Waals surface area contributed by atoms with Crippen LogP contribution in [0.3, 0.4) is 0 Å². The molecular formula is C14H16BFO2S. The lowest BCUT2D eigenvalue weighted by atomic mass is 9.79. The van der Waals surface area contributed by atoms with E-state index in [1.165, 1.54) is 17.4 Å². The Morgan fingerprint density at radius 1 is 1.11 bits per heavy atom. The normalized spacial score (nSPS) is 21.2. The summed E-state index contributed by atoms with van der Waals surface area (Å²) in [5.74, 6) is -0.190. The van der Waals surface area contributed by atoms with E-state index in [2.05, 4.69) is 0 Å². The lowest BCUT2D eigenvalue weighted by molar-refractivity contribution is 0.00578. The summed E-state index contributed by atoms with van der Waals surface area (Å²) in [6, 6.07) is 5.11. The minimum Gasteiger partial charge on any atom is -0.399 e. The van der Waals surface area contributed by atoms with Gasteiger partial charge in [-0.05, 0) is 44.5 Å². The van der Waals surface area contributed by atoms with Gasteiger partial charge in [-0.2, -0.15) is 0 Å². The Labute approximate surface area is 116 Å². The Bertz CT molecular complexity index is 619. The van der Waals surface area contributed by atoms with Crippen LogP contribution in [0.1, 0.15) is 27.7 Å². The highest BCUT2D eigenvalue weighted by Gasteiger charge is 2.52. The summed E-state index contributed by atoms with van der Waals surface area (Å²) in [4.78, 5) is 0. The molecule has 1 aromatic heterocycles. The van der Waals surface area contributed by atoms with Crippen LogP contribution in [-0.4, -0.2) is 18.3 Å². The van der Waals surface area contributed by atoms with Crippen LogP contribution in [0.25, 0.3) is 10.1 Å². The van der Waals surface area contributed by atoms with Gasteiger partial charge in [-0.25, -0.2) is 4.39 Å². The highest BCUT2D eigenvalue weighted by molar-refractivity contribution is 7.18. The quantitative estimate of drug-likeness (QED) is 0.745. The Morgan fingerprint density at radius 3 is 2.37 bits per heavy atom. The van der Waals surface area contributed by atoms with Crippen molar-refractivity contribution in [3.63, 3.8) is 0 Å². The van der Waals surface area contributed by atoms with E-state index in [1.54, 1.807) is 6.07 Å². The van der Waals surface area contributed by atoms with Gasteiger partial charge < -0.3 is 9.31 Å². The Balaban J connectivity index is 2.06. The van der Waals surface area contributed by atoms with Crippen molar-refractivity contribution < 1.29 is 13.7 Å². The molecule has 3 rings (SSSR count). The average molecular weight is 278 g/mol. The number of hydrogen-bond acceptors (Lipinski definition) is 3. The minimum absolute atomic E-state index is 0.190. The molecule has 0 saturated carbocycles. The summed E-state index contributed by atoms with van der Waals surface area (Å²) in [5.41, 5.74) is 0.163. The number of rotatable bonds is 1. The van der Waals surface area contributed by atoms with Gasteiger partial charge in [0.25, 0.3) is 0 Å². The molecule has 1 fully saturated rings. The van der Waals surface area contributed by atoms with Crippen molar-refractivity contribution in [3.05, 3.63) is 29.4 Å². The molecule has 1 saturated heterocycles. The van der Waals surface area contributed by atoms with Crippen molar-refractivity contribution in [3.8, 4) is 0 Å². The molecule has 2 heterocycles. The Hall–Kier alpha value is -0.905. The zero-order chi connectivity index (χ0) is 13.8. The molecular weight excluding hydrogens is 262 g/mol. The minimum atomic E-state index is -0.430. The first kappa shape index (κ1) is 13.1. The van der Waals surface area contributed by atoms with Crippen LogP contribution >= 0.6 is 11.3 Å². The predicted octanol–water partition coefficient (Wildman–Crippen LogP) is 3.34. The van der Waals surface area contributed by atoms with E-state index in [0.717, 1.165) is 10.8 Å². The summed E-state index contributed by atoms with van der Waals surface area (Å²) in [7, 11) is -0.430. The summed E-state index contributed by atoms with van der Waals surface area (Å²) < 4.78 is 26.4. The first-order chi connectivity index (χ1) is 8.82. The molecule has 1 aliphatic heterocycles. The zero-order valence-electron chi connectivity index (χ0n) is 11.5. The lowest BCUT2D eigenvalue weighted by Gasteiger charge is -2.32. The molecule has 100 valence electrons. The van der Waals surface area contributed by atoms with E-state index in [9.17, 15) is 4.39 Å². The third-order valence-corrected chi connectivity index (χ3v) is 5.11. The third kappa shape index (κ3) is 1.92. The number of hydrogen-bond donors (Lipinski definition) is 0. The predicted molar refractivity (Wildman–Crippen MR) is 77.5 cm³/mol. The first-order valence-corrected chi connectivity index (χ1v) is 7.21. The molecule has 2 nitrogen and oxygen atoms in total. The fraction of sp³-hybridized carbons (Fsp3) is 0.429. The molecule has 0 aliphatic carbocycles. The lowest BCUT2D eigenvalue weighted by Crippen LogP contribution is -2.41. The van der Waals surface area contributed by atoms with Gasteiger partial charge in [0.2, 0.25) is 0 Å². The number of fused-ring (bicyclic) bond motifs is 1. The number of thiophene rings is 1. The molecule has 1 aliphatic rings. The highest BCUT2D eigenvalue weighted by atomic mass is 32.1. The van der Waals surface area contributed by atoms with Crippen LogP contribution in [0.4, 0.5) is 4.39 Å². The zero-order valence-corrected chi connectivity index (χ0v) is 12.3. The smallest absolute Gasteiger partial charge is 0.399 e. The van der Waals surface area contributed by atoms with Crippen LogP contribution in [0, 0.1) is 5.82 Å². The molecule has 0 amide bonds. The molecule has 0 bridgehead atoms. The Kier molecular flexibility index (Phi) is 2.79. The maximum Gasteiger partial charge on any atom is 0.496 e. The molecule has 2 aromatic rings. The monoisotopic (exact) mass is 278 g/mol. The van der Waals surface area contributed by atoms with Crippen molar-refractivity contribution in [1.29, 1.82) is 0 Å². The second-order valence-corrected chi connectivity index (χ2v) is 6.78. The van der Waals surface area contributed by atoms with Gasteiger partial charge in [-0.15, -0.1) is 11.3 Å². The molecule has 0 atom stereocenters. The van der Waals surface area contributed by atoms with Crippen molar-refractivity contribution in [1.82, 2.24) is 0 Å². The van der Waals surface area contributed by atoms with E-state index < -0.39 is 7.12 Å². The van der Waals surface area contributed by atoms with Gasteiger partial charge in [-0.3, -0.25) is 0 Å². The van der Waals surface area contributed by atoms with Crippen molar-refractivity contribution in [2.75, 3.05) is 0 Å².